The standard InChI is InChI=1S/C10H2F18/c11-3(8(20,21)22,5(14,15)9(23,24)25)1-2-4(12,13)6(16,17)7(18,19)10(26,27)28/h1-2H/b2-1+. The maximum Gasteiger partial charge on any atom is 0.460 e. The van der Waals surface area contributed by atoms with Crippen LogP contribution in [0, 0.1) is 0 Å². The molecule has 0 heterocycles. The van der Waals surface area contributed by atoms with Crippen LogP contribution in [0.25, 0.3) is 0 Å². The Labute approximate surface area is 140 Å². The van der Waals surface area contributed by atoms with E-state index in [9.17, 15) is 79.0 Å². The summed E-state index contributed by atoms with van der Waals surface area (Å²) >= 11 is 0. The van der Waals surface area contributed by atoms with Gasteiger partial charge in [0, 0.05) is 0 Å². The summed E-state index contributed by atoms with van der Waals surface area (Å²) in [5.41, 5.74) is -7.23. The lowest BCUT2D eigenvalue weighted by atomic mass is 9.93. The second-order valence-electron chi connectivity index (χ2n) is 4.88. The van der Waals surface area contributed by atoms with Crippen molar-refractivity contribution in [2.45, 2.75) is 47.9 Å². The average molecular weight is 464 g/mol. The van der Waals surface area contributed by atoms with Crippen molar-refractivity contribution in [2.75, 3.05) is 0 Å². The number of hydrogen-bond donors (Lipinski definition) is 0. The van der Waals surface area contributed by atoms with Crippen LogP contribution in [-0.2, 0) is 0 Å². The molecule has 0 rings (SSSR count). The van der Waals surface area contributed by atoms with Gasteiger partial charge in [0.1, 0.15) is 0 Å². The van der Waals surface area contributed by atoms with Crippen molar-refractivity contribution in [1.82, 2.24) is 0 Å². The minimum absolute atomic E-state index is 2.58. The lowest BCUT2D eigenvalue weighted by molar-refractivity contribution is -0.389. The molecule has 0 spiro atoms. The van der Waals surface area contributed by atoms with Crippen molar-refractivity contribution in [3.63, 3.8) is 0 Å². The Morgan fingerprint density at radius 1 is 0.321 bits per heavy atom. The largest absolute Gasteiger partial charge is 0.460 e. The topological polar surface area (TPSA) is 0 Å². The molecular formula is C10H2F18. The highest BCUT2D eigenvalue weighted by molar-refractivity contribution is 5.21. The van der Waals surface area contributed by atoms with Crippen molar-refractivity contribution in [2.24, 2.45) is 0 Å². The fraction of sp³-hybridized carbons (Fsp3) is 0.800. The van der Waals surface area contributed by atoms with Crippen LogP contribution in [-0.4, -0.2) is 47.9 Å². The van der Waals surface area contributed by atoms with Gasteiger partial charge in [-0.15, -0.1) is 0 Å². The van der Waals surface area contributed by atoms with Crippen LogP contribution in [0.5, 0.6) is 0 Å². The quantitative estimate of drug-likeness (QED) is 0.323. The van der Waals surface area contributed by atoms with Crippen molar-refractivity contribution in [3.8, 4) is 0 Å². The van der Waals surface area contributed by atoms with E-state index in [2.05, 4.69) is 0 Å². The first-order chi connectivity index (χ1) is 11.7. The first kappa shape index (κ1) is 26.5. The van der Waals surface area contributed by atoms with Crippen LogP contribution >= 0.6 is 0 Å². The molecule has 1 atom stereocenters. The van der Waals surface area contributed by atoms with Crippen LogP contribution < -0.4 is 0 Å². The first-order valence-electron chi connectivity index (χ1n) is 5.81. The predicted molar refractivity (Wildman–Crippen MR) is 50.9 cm³/mol. The van der Waals surface area contributed by atoms with E-state index in [0.717, 1.165) is 0 Å². The van der Waals surface area contributed by atoms with E-state index in [4.69, 9.17) is 0 Å². The molecule has 168 valence electrons. The third kappa shape index (κ3) is 3.81. The molecule has 18 heteroatoms. The summed E-state index contributed by atoms with van der Waals surface area (Å²) in [6.07, 6.45) is -27.6. The Morgan fingerprint density at radius 2 is 0.643 bits per heavy atom. The van der Waals surface area contributed by atoms with Gasteiger partial charge in [-0.25, -0.2) is 4.39 Å². The van der Waals surface area contributed by atoms with E-state index in [1.807, 2.05) is 0 Å². The Bertz CT molecular complexity index is 585. The highest BCUT2D eigenvalue weighted by Crippen LogP contribution is 2.56. The zero-order valence-corrected chi connectivity index (χ0v) is 12.0. The fourth-order valence-electron chi connectivity index (χ4n) is 1.29. The van der Waals surface area contributed by atoms with Crippen molar-refractivity contribution >= 4 is 0 Å². The lowest BCUT2D eigenvalue weighted by Gasteiger charge is -2.35. The Balaban J connectivity index is 6.53. The smallest absolute Gasteiger partial charge is 0.222 e. The third-order valence-electron chi connectivity index (χ3n) is 2.92. The zero-order chi connectivity index (χ0) is 23.4. The molecular weight excluding hydrogens is 462 g/mol. The number of hydrogen-bond acceptors (Lipinski definition) is 0. The van der Waals surface area contributed by atoms with E-state index >= 15 is 0 Å². The van der Waals surface area contributed by atoms with Crippen molar-refractivity contribution in [3.05, 3.63) is 12.2 Å². The average Bonchev–Trinajstić information content (AvgIpc) is 2.40. The molecule has 0 saturated heterocycles. The summed E-state index contributed by atoms with van der Waals surface area (Å²) < 4.78 is 223. The molecule has 0 aromatic rings. The maximum atomic E-state index is 13.4. The normalized spacial score (nSPS) is 18.5. The molecule has 0 fully saturated rings. The molecule has 0 aromatic carbocycles. The SMILES string of the molecule is FC(F)(F)C(F)(F)C(F)(F)C(F)(F)/C=C/C(F)(C(F)(F)F)C(F)(F)C(F)(F)F. The van der Waals surface area contributed by atoms with Gasteiger partial charge in [0.15, 0.2) is 0 Å². The van der Waals surface area contributed by atoms with Gasteiger partial charge < -0.3 is 0 Å². The molecule has 0 N–H and O–H groups in total. The highest BCUT2D eigenvalue weighted by Gasteiger charge is 2.83. The van der Waals surface area contributed by atoms with Crippen molar-refractivity contribution in [1.29, 1.82) is 0 Å². The minimum Gasteiger partial charge on any atom is -0.222 e. The van der Waals surface area contributed by atoms with E-state index in [-0.39, 0.29) is 0 Å². The Kier molecular flexibility index (Phi) is 6.14. The molecule has 0 amide bonds. The van der Waals surface area contributed by atoms with E-state index in [1.165, 1.54) is 0 Å². The lowest BCUT2D eigenvalue weighted by Crippen LogP contribution is -2.62. The number of rotatable bonds is 5. The van der Waals surface area contributed by atoms with Gasteiger partial charge in [0.2, 0.25) is 0 Å². The molecule has 0 aliphatic heterocycles. The monoisotopic (exact) mass is 464 g/mol. The molecule has 0 nitrogen and oxygen atoms in total. The minimum atomic E-state index is -7.71. The van der Waals surface area contributed by atoms with E-state index in [0.29, 0.717) is 0 Å². The Hall–Kier alpha value is -1.52. The van der Waals surface area contributed by atoms with Gasteiger partial charge in [0.05, 0.1) is 0 Å². The summed E-state index contributed by atoms with van der Waals surface area (Å²) in [6.45, 7) is 0. The van der Waals surface area contributed by atoms with Gasteiger partial charge >= 0.3 is 42.2 Å². The second kappa shape index (κ2) is 6.50. The molecule has 0 bridgehead atoms. The predicted octanol–water partition coefficient (Wildman–Crippen LogP) is 6.48. The summed E-state index contributed by atoms with van der Waals surface area (Å²) in [4.78, 5) is 0. The van der Waals surface area contributed by atoms with Crippen LogP contribution in [0.2, 0.25) is 0 Å². The van der Waals surface area contributed by atoms with E-state index in [1.54, 1.807) is 0 Å². The van der Waals surface area contributed by atoms with E-state index < -0.39 is 60.0 Å². The van der Waals surface area contributed by atoms with Crippen LogP contribution in [0.1, 0.15) is 0 Å². The van der Waals surface area contributed by atoms with Crippen molar-refractivity contribution < 1.29 is 79.0 Å². The summed E-state index contributed by atoms with van der Waals surface area (Å²) in [5, 5.41) is 0. The van der Waals surface area contributed by atoms with Gasteiger partial charge in [-0.05, 0) is 12.2 Å². The van der Waals surface area contributed by atoms with Gasteiger partial charge in [0.25, 0.3) is 5.67 Å². The van der Waals surface area contributed by atoms with Crippen LogP contribution in [0.15, 0.2) is 12.2 Å². The first-order valence-corrected chi connectivity index (χ1v) is 5.81. The Morgan fingerprint density at radius 3 is 0.893 bits per heavy atom. The molecule has 0 aliphatic rings. The number of alkyl halides is 18. The second-order valence-corrected chi connectivity index (χ2v) is 4.88. The summed E-state index contributed by atoms with van der Waals surface area (Å²) in [7, 11) is 0. The molecule has 1 unspecified atom stereocenters. The molecule has 0 saturated carbocycles. The molecule has 28 heavy (non-hydrogen) atoms. The van der Waals surface area contributed by atoms with Gasteiger partial charge in [-0.3, -0.25) is 0 Å². The molecule has 0 aliphatic carbocycles. The third-order valence-corrected chi connectivity index (χ3v) is 2.92. The summed E-state index contributed by atoms with van der Waals surface area (Å²) in [6, 6.07) is 0. The fourth-order valence-corrected chi connectivity index (χ4v) is 1.29. The zero-order valence-electron chi connectivity index (χ0n) is 12.0. The van der Waals surface area contributed by atoms with Crippen LogP contribution in [0.3, 0.4) is 0 Å². The van der Waals surface area contributed by atoms with Gasteiger partial charge in [-0.1, -0.05) is 0 Å². The summed E-state index contributed by atoms with van der Waals surface area (Å²) in [5.74, 6) is -30.2. The molecule has 0 aromatic heterocycles. The van der Waals surface area contributed by atoms with Crippen LogP contribution in [0.4, 0.5) is 79.0 Å². The molecule has 0 radical (unpaired) electrons. The number of allylic oxidation sites excluding steroid dienone is 2. The number of halogens is 18. The van der Waals surface area contributed by atoms with Gasteiger partial charge in [-0.2, -0.15) is 74.6 Å². The highest BCUT2D eigenvalue weighted by atomic mass is 19.4. The maximum absolute atomic E-state index is 13.4.